The van der Waals surface area contributed by atoms with Crippen LogP contribution < -0.4 is 5.32 Å². The van der Waals surface area contributed by atoms with Gasteiger partial charge in [-0.1, -0.05) is 26.2 Å². The van der Waals surface area contributed by atoms with E-state index in [4.69, 9.17) is 0 Å². The summed E-state index contributed by atoms with van der Waals surface area (Å²) in [6.45, 7) is 5.98. The van der Waals surface area contributed by atoms with Gasteiger partial charge in [0.1, 0.15) is 0 Å². The molecule has 0 amide bonds. The third kappa shape index (κ3) is 4.12. The SMILES string of the molecule is CCCN(C)CC1(CNC)CCCCC1. The molecule has 0 spiro atoms. The third-order valence-electron chi connectivity index (χ3n) is 3.68. The van der Waals surface area contributed by atoms with E-state index in [1.165, 1.54) is 58.2 Å². The van der Waals surface area contributed by atoms with Crippen molar-refractivity contribution in [1.29, 1.82) is 0 Å². The Hall–Kier alpha value is -0.0800. The first-order valence-corrected chi connectivity index (χ1v) is 6.55. The minimum absolute atomic E-state index is 0.566. The summed E-state index contributed by atoms with van der Waals surface area (Å²) < 4.78 is 0. The Kier molecular flexibility index (Phi) is 5.62. The van der Waals surface area contributed by atoms with Crippen LogP contribution in [0.1, 0.15) is 45.4 Å². The maximum absolute atomic E-state index is 3.40. The summed E-state index contributed by atoms with van der Waals surface area (Å²) in [5.74, 6) is 0. The molecule has 0 aromatic heterocycles. The number of rotatable bonds is 6. The van der Waals surface area contributed by atoms with Crippen LogP contribution in [0, 0.1) is 5.41 Å². The van der Waals surface area contributed by atoms with Crippen molar-refractivity contribution in [3.63, 3.8) is 0 Å². The van der Waals surface area contributed by atoms with E-state index in [1.807, 2.05) is 0 Å². The van der Waals surface area contributed by atoms with Gasteiger partial charge < -0.3 is 10.2 Å². The molecule has 1 aliphatic carbocycles. The first-order valence-electron chi connectivity index (χ1n) is 6.55. The van der Waals surface area contributed by atoms with Crippen LogP contribution in [0.15, 0.2) is 0 Å². The fourth-order valence-corrected chi connectivity index (χ4v) is 3.10. The molecule has 0 radical (unpaired) electrons. The number of nitrogens with one attached hydrogen (secondary N) is 1. The van der Waals surface area contributed by atoms with E-state index < -0.39 is 0 Å². The molecule has 0 aliphatic heterocycles. The van der Waals surface area contributed by atoms with Crippen LogP contribution >= 0.6 is 0 Å². The Morgan fingerprint density at radius 3 is 2.40 bits per heavy atom. The zero-order valence-corrected chi connectivity index (χ0v) is 10.8. The Bertz CT molecular complexity index is 156. The molecular weight excluding hydrogens is 184 g/mol. The molecule has 1 fully saturated rings. The molecule has 15 heavy (non-hydrogen) atoms. The van der Waals surface area contributed by atoms with Crippen LogP contribution in [0.4, 0.5) is 0 Å². The summed E-state index contributed by atoms with van der Waals surface area (Å²) in [6, 6.07) is 0. The van der Waals surface area contributed by atoms with E-state index in [9.17, 15) is 0 Å². The lowest BCUT2D eigenvalue weighted by molar-refractivity contribution is 0.120. The average molecular weight is 212 g/mol. The van der Waals surface area contributed by atoms with Crippen LogP contribution in [0.25, 0.3) is 0 Å². The second kappa shape index (κ2) is 6.49. The van der Waals surface area contributed by atoms with Gasteiger partial charge in [0, 0.05) is 13.1 Å². The van der Waals surface area contributed by atoms with Crippen molar-refractivity contribution in [3.8, 4) is 0 Å². The fourth-order valence-electron chi connectivity index (χ4n) is 3.10. The molecule has 0 bridgehead atoms. The van der Waals surface area contributed by atoms with E-state index in [-0.39, 0.29) is 0 Å². The minimum atomic E-state index is 0.566. The van der Waals surface area contributed by atoms with Gasteiger partial charge in [0.05, 0.1) is 0 Å². The molecule has 1 rings (SSSR count). The quantitative estimate of drug-likeness (QED) is 0.728. The lowest BCUT2D eigenvalue weighted by Crippen LogP contribution is -2.43. The second-order valence-electron chi connectivity index (χ2n) is 5.33. The van der Waals surface area contributed by atoms with E-state index in [0.717, 1.165) is 0 Å². The van der Waals surface area contributed by atoms with E-state index in [2.05, 4.69) is 31.2 Å². The number of hydrogen-bond acceptors (Lipinski definition) is 2. The van der Waals surface area contributed by atoms with Crippen molar-refractivity contribution in [2.24, 2.45) is 5.41 Å². The Balaban J connectivity index is 2.47. The predicted molar refractivity (Wildman–Crippen MR) is 67.2 cm³/mol. The highest BCUT2D eigenvalue weighted by atomic mass is 15.1. The van der Waals surface area contributed by atoms with Gasteiger partial charge in [-0.2, -0.15) is 0 Å². The van der Waals surface area contributed by atoms with Gasteiger partial charge in [0.15, 0.2) is 0 Å². The van der Waals surface area contributed by atoms with Crippen molar-refractivity contribution in [3.05, 3.63) is 0 Å². The molecule has 0 atom stereocenters. The lowest BCUT2D eigenvalue weighted by atomic mass is 9.73. The van der Waals surface area contributed by atoms with Crippen LogP contribution in [-0.2, 0) is 0 Å². The smallest absolute Gasteiger partial charge is 0.00471 e. The Morgan fingerprint density at radius 1 is 1.20 bits per heavy atom. The minimum Gasteiger partial charge on any atom is -0.319 e. The molecule has 0 unspecified atom stereocenters. The van der Waals surface area contributed by atoms with E-state index in [1.54, 1.807) is 0 Å². The molecule has 1 N–H and O–H groups in total. The maximum atomic E-state index is 3.40. The first-order chi connectivity index (χ1) is 7.22. The zero-order valence-electron chi connectivity index (χ0n) is 10.8. The topological polar surface area (TPSA) is 15.3 Å². The van der Waals surface area contributed by atoms with Crippen molar-refractivity contribution >= 4 is 0 Å². The van der Waals surface area contributed by atoms with Gasteiger partial charge in [0.2, 0.25) is 0 Å². The lowest BCUT2D eigenvalue weighted by Gasteiger charge is -2.40. The monoisotopic (exact) mass is 212 g/mol. The summed E-state index contributed by atoms with van der Waals surface area (Å²) in [5, 5.41) is 3.40. The van der Waals surface area contributed by atoms with Gasteiger partial charge >= 0.3 is 0 Å². The van der Waals surface area contributed by atoms with Gasteiger partial charge in [-0.3, -0.25) is 0 Å². The zero-order chi connectivity index (χ0) is 11.1. The average Bonchev–Trinajstić information content (AvgIpc) is 2.19. The standard InChI is InChI=1S/C13H28N2/c1-4-10-15(3)12-13(11-14-2)8-6-5-7-9-13/h14H,4-12H2,1-3H3. The van der Waals surface area contributed by atoms with Crippen LogP contribution in [0.5, 0.6) is 0 Å². The molecule has 0 aromatic rings. The normalized spacial score (nSPS) is 20.8. The summed E-state index contributed by atoms with van der Waals surface area (Å²) in [4.78, 5) is 2.52. The van der Waals surface area contributed by atoms with Gasteiger partial charge in [0.25, 0.3) is 0 Å². The third-order valence-corrected chi connectivity index (χ3v) is 3.68. The number of hydrogen-bond donors (Lipinski definition) is 1. The summed E-state index contributed by atoms with van der Waals surface area (Å²) in [6.07, 6.45) is 8.42. The van der Waals surface area contributed by atoms with Gasteiger partial charge in [-0.25, -0.2) is 0 Å². The van der Waals surface area contributed by atoms with Crippen LogP contribution in [-0.4, -0.2) is 38.6 Å². The Labute approximate surface area is 95.4 Å². The second-order valence-corrected chi connectivity index (χ2v) is 5.33. The molecule has 2 heteroatoms. The number of nitrogens with zero attached hydrogens (tertiary/aromatic N) is 1. The van der Waals surface area contributed by atoms with Crippen molar-refractivity contribution in [2.75, 3.05) is 33.7 Å². The van der Waals surface area contributed by atoms with Gasteiger partial charge in [-0.05, 0) is 45.3 Å². The maximum Gasteiger partial charge on any atom is 0.00471 e. The van der Waals surface area contributed by atoms with Crippen LogP contribution in [0.2, 0.25) is 0 Å². The molecule has 0 saturated heterocycles. The molecule has 0 heterocycles. The molecule has 1 saturated carbocycles. The van der Waals surface area contributed by atoms with Crippen molar-refractivity contribution in [1.82, 2.24) is 10.2 Å². The highest BCUT2D eigenvalue weighted by Gasteiger charge is 2.32. The van der Waals surface area contributed by atoms with Crippen molar-refractivity contribution < 1.29 is 0 Å². The highest BCUT2D eigenvalue weighted by molar-refractivity contribution is 4.86. The predicted octanol–water partition coefficient (Wildman–Crippen LogP) is 2.50. The molecule has 90 valence electrons. The van der Waals surface area contributed by atoms with Crippen molar-refractivity contribution in [2.45, 2.75) is 45.4 Å². The fraction of sp³-hybridized carbons (Fsp3) is 1.00. The largest absolute Gasteiger partial charge is 0.319 e. The Morgan fingerprint density at radius 2 is 1.87 bits per heavy atom. The summed E-state index contributed by atoms with van der Waals surface area (Å²) >= 11 is 0. The van der Waals surface area contributed by atoms with Crippen LogP contribution in [0.3, 0.4) is 0 Å². The molecule has 2 nitrogen and oxygen atoms in total. The first kappa shape index (κ1) is 13.0. The molecule has 0 aromatic carbocycles. The highest BCUT2D eigenvalue weighted by Crippen LogP contribution is 2.36. The van der Waals surface area contributed by atoms with E-state index in [0.29, 0.717) is 5.41 Å². The summed E-state index contributed by atoms with van der Waals surface area (Å²) in [7, 11) is 4.37. The molecular formula is C13H28N2. The van der Waals surface area contributed by atoms with E-state index >= 15 is 0 Å². The molecule has 1 aliphatic rings. The summed E-state index contributed by atoms with van der Waals surface area (Å²) in [5.41, 5.74) is 0.566. The van der Waals surface area contributed by atoms with Gasteiger partial charge in [-0.15, -0.1) is 0 Å².